The van der Waals surface area contributed by atoms with Crippen molar-refractivity contribution in [3.63, 3.8) is 0 Å². The molecule has 3 nitrogen and oxygen atoms in total. The summed E-state index contributed by atoms with van der Waals surface area (Å²) < 4.78 is 0. The molecule has 0 aliphatic rings. The second-order valence-electron chi connectivity index (χ2n) is 5.54. The van der Waals surface area contributed by atoms with E-state index in [0.717, 1.165) is 23.4 Å². The molecule has 3 aromatic rings. The predicted octanol–water partition coefficient (Wildman–Crippen LogP) is 6.40. The molecule has 3 rings (SSSR count). The Morgan fingerprint density at radius 3 is 1.96 bits per heavy atom. The van der Waals surface area contributed by atoms with Gasteiger partial charge in [0.1, 0.15) is 5.82 Å². The molecule has 0 aliphatic carbocycles. The fourth-order valence-corrected chi connectivity index (χ4v) is 2.51. The lowest BCUT2D eigenvalue weighted by Crippen LogP contribution is -2.04. The first-order chi connectivity index (χ1) is 12.2. The summed E-state index contributed by atoms with van der Waals surface area (Å²) in [5.74, 6) is 1.63. The Balaban J connectivity index is 0.00000109. The Hall–Kier alpha value is -2.26. The van der Waals surface area contributed by atoms with E-state index < -0.39 is 0 Å². The number of aromatic nitrogens is 3. The number of hydrogen-bond acceptors (Lipinski definition) is 3. The van der Waals surface area contributed by atoms with Crippen LogP contribution in [0.4, 0.5) is 0 Å². The van der Waals surface area contributed by atoms with Gasteiger partial charge in [-0.25, -0.2) is 9.97 Å². The van der Waals surface area contributed by atoms with Crippen LogP contribution in [-0.2, 0) is 0 Å². The van der Waals surface area contributed by atoms with Crippen LogP contribution in [0.1, 0.15) is 45.9 Å². The molecule has 0 radical (unpaired) electrons. The third-order valence-corrected chi connectivity index (χ3v) is 4.10. The van der Waals surface area contributed by atoms with E-state index in [2.05, 4.69) is 53.1 Å². The van der Waals surface area contributed by atoms with Gasteiger partial charge in [0.05, 0.1) is 0 Å². The number of hydrogen-bond donors (Lipinski definition) is 0. The van der Waals surface area contributed by atoms with Crippen LogP contribution in [0.25, 0.3) is 22.5 Å². The van der Waals surface area contributed by atoms with Gasteiger partial charge in [0.2, 0.25) is 5.28 Å². The fraction of sp³-hybridized carbons (Fsp3) is 0.286. The average molecular weight is 354 g/mol. The maximum Gasteiger partial charge on any atom is 0.226 e. The van der Waals surface area contributed by atoms with Gasteiger partial charge in [-0.3, -0.25) is 0 Å². The SMILES string of the molecule is CC.CCC(C)c1nc(Cl)nc(-c2ccc(-c3ccccc3)cc2)n1. The average Bonchev–Trinajstić information content (AvgIpc) is 2.69. The maximum absolute atomic E-state index is 6.07. The van der Waals surface area contributed by atoms with Crippen molar-refractivity contribution in [3.8, 4) is 22.5 Å². The largest absolute Gasteiger partial charge is 0.226 e. The summed E-state index contributed by atoms with van der Waals surface area (Å²) in [6.45, 7) is 8.20. The van der Waals surface area contributed by atoms with Crippen LogP contribution in [0.5, 0.6) is 0 Å². The van der Waals surface area contributed by atoms with Gasteiger partial charge >= 0.3 is 0 Å². The molecule has 1 unspecified atom stereocenters. The van der Waals surface area contributed by atoms with Gasteiger partial charge < -0.3 is 0 Å². The minimum atomic E-state index is 0.248. The van der Waals surface area contributed by atoms with E-state index in [1.165, 1.54) is 5.56 Å². The van der Waals surface area contributed by atoms with Crippen molar-refractivity contribution in [2.24, 2.45) is 0 Å². The standard InChI is InChI=1S/C19H18ClN3.C2H6/c1-3-13(2)17-21-18(23-19(20)22-17)16-11-9-15(10-12-16)14-7-5-4-6-8-14;1-2/h4-13H,3H2,1-2H3;1-2H3. The normalized spacial score (nSPS) is 11.4. The topological polar surface area (TPSA) is 38.7 Å². The Morgan fingerprint density at radius 2 is 1.36 bits per heavy atom. The van der Waals surface area contributed by atoms with E-state index in [1.807, 2.05) is 44.2 Å². The fourth-order valence-electron chi connectivity index (χ4n) is 2.34. The molecule has 0 aliphatic heterocycles. The Bertz CT molecular complexity index is 786. The van der Waals surface area contributed by atoms with Crippen LogP contribution in [-0.4, -0.2) is 15.0 Å². The lowest BCUT2D eigenvalue weighted by Gasteiger charge is -2.09. The van der Waals surface area contributed by atoms with Crippen molar-refractivity contribution < 1.29 is 0 Å². The lowest BCUT2D eigenvalue weighted by molar-refractivity contribution is 0.673. The quantitative estimate of drug-likeness (QED) is 0.544. The van der Waals surface area contributed by atoms with Crippen LogP contribution >= 0.6 is 11.6 Å². The number of benzene rings is 2. The molecule has 1 aromatic heterocycles. The summed E-state index contributed by atoms with van der Waals surface area (Å²) in [5.41, 5.74) is 3.29. The molecule has 0 fully saturated rings. The molecular weight excluding hydrogens is 330 g/mol. The number of halogens is 1. The molecule has 1 atom stereocenters. The van der Waals surface area contributed by atoms with Crippen molar-refractivity contribution in [1.29, 1.82) is 0 Å². The highest BCUT2D eigenvalue weighted by atomic mass is 35.5. The Kier molecular flexibility index (Phi) is 7.08. The molecule has 0 spiro atoms. The summed E-state index contributed by atoms with van der Waals surface area (Å²) >= 11 is 6.07. The Morgan fingerprint density at radius 1 is 0.800 bits per heavy atom. The summed E-state index contributed by atoms with van der Waals surface area (Å²) in [6, 6.07) is 18.5. The van der Waals surface area contributed by atoms with Crippen molar-refractivity contribution in [1.82, 2.24) is 15.0 Å². The van der Waals surface area contributed by atoms with Crippen LogP contribution in [0, 0.1) is 0 Å². The van der Waals surface area contributed by atoms with Gasteiger partial charge in [-0.2, -0.15) is 4.98 Å². The van der Waals surface area contributed by atoms with Gasteiger partial charge in [0, 0.05) is 11.5 Å². The van der Waals surface area contributed by atoms with Gasteiger partial charge in [0.15, 0.2) is 5.82 Å². The van der Waals surface area contributed by atoms with E-state index >= 15 is 0 Å². The number of nitrogens with zero attached hydrogens (tertiary/aromatic N) is 3. The highest BCUT2D eigenvalue weighted by Gasteiger charge is 2.12. The first-order valence-electron chi connectivity index (χ1n) is 8.74. The molecule has 0 saturated heterocycles. The first kappa shape index (κ1) is 19.1. The monoisotopic (exact) mass is 353 g/mol. The molecular formula is C21H24ClN3. The zero-order valence-corrected chi connectivity index (χ0v) is 16.0. The van der Waals surface area contributed by atoms with Crippen LogP contribution < -0.4 is 0 Å². The zero-order valence-electron chi connectivity index (χ0n) is 15.2. The third-order valence-electron chi connectivity index (χ3n) is 3.93. The van der Waals surface area contributed by atoms with Crippen LogP contribution in [0.15, 0.2) is 54.6 Å². The minimum Gasteiger partial charge on any atom is -0.213 e. The van der Waals surface area contributed by atoms with E-state index in [9.17, 15) is 0 Å². The van der Waals surface area contributed by atoms with E-state index in [1.54, 1.807) is 0 Å². The smallest absolute Gasteiger partial charge is 0.213 e. The molecule has 130 valence electrons. The van der Waals surface area contributed by atoms with Gasteiger partial charge in [0.25, 0.3) is 0 Å². The minimum absolute atomic E-state index is 0.248. The third kappa shape index (κ3) is 4.86. The highest BCUT2D eigenvalue weighted by molar-refractivity contribution is 6.28. The molecule has 0 bridgehead atoms. The molecule has 0 amide bonds. The van der Waals surface area contributed by atoms with Gasteiger partial charge in [-0.1, -0.05) is 82.3 Å². The molecule has 0 N–H and O–H groups in total. The second kappa shape index (κ2) is 9.28. The summed E-state index contributed by atoms with van der Waals surface area (Å²) in [6.07, 6.45) is 0.965. The van der Waals surface area contributed by atoms with Gasteiger partial charge in [-0.05, 0) is 29.1 Å². The van der Waals surface area contributed by atoms with Crippen molar-refractivity contribution in [3.05, 3.63) is 65.7 Å². The van der Waals surface area contributed by atoms with E-state index in [-0.39, 0.29) is 11.2 Å². The van der Waals surface area contributed by atoms with Crippen molar-refractivity contribution in [2.75, 3.05) is 0 Å². The molecule has 0 saturated carbocycles. The molecule has 1 heterocycles. The Labute approximate surface area is 155 Å². The van der Waals surface area contributed by atoms with Crippen LogP contribution in [0.2, 0.25) is 5.28 Å². The summed E-state index contributed by atoms with van der Waals surface area (Å²) in [7, 11) is 0. The molecule has 25 heavy (non-hydrogen) atoms. The van der Waals surface area contributed by atoms with Gasteiger partial charge in [-0.15, -0.1) is 0 Å². The summed E-state index contributed by atoms with van der Waals surface area (Å²) in [5, 5.41) is 0.248. The lowest BCUT2D eigenvalue weighted by atomic mass is 10.0. The summed E-state index contributed by atoms with van der Waals surface area (Å²) in [4.78, 5) is 13.1. The first-order valence-corrected chi connectivity index (χ1v) is 9.12. The molecule has 4 heteroatoms. The van der Waals surface area contributed by atoms with Crippen molar-refractivity contribution >= 4 is 11.6 Å². The van der Waals surface area contributed by atoms with E-state index in [0.29, 0.717) is 5.82 Å². The molecule has 2 aromatic carbocycles. The van der Waals surface area contributed by atoms with E-state index in [4.69, 9.17) is 11.6 Å². The second-order valence-corrected chi connectivity index (χ2v) is 5.88. The predicted molar refractivity (Wildman–Crippen MR) is 106 cm³/mol. The van der Waals surface area contributed by atoms with Crippen molar-refractivity contribution in [2.45, 2.75) is 40.0 Å². The number of rotatable bonds is 4. The highest BCUT2D eigenvalue weighted by Crippen LogP contribution is 2.24. The van der Waals surface area contributed by atoms with Crippen LogP contribution in [0.3, 0.4) is 0 Å². The maximum atomic E-state index is 6.07. The zero-order chi connectivity index (χ0) is 18.2.